The van der Waals surface area contributed by atoms with Crippen LogP contribution in [0.2, 0.25) is 0 Å². The Balaban J connectivity index is 2.12. The van der Waals surface area contributed by atoms with E-state index in [1.807, 2.05) is 6.92 Å². The molecule has 23 heavy (non-hydrogen) atoms. The molecule has 1 heterocycles. The topological polar surface area (TPSA) is 49.4 Å². The number of likely N-dealkylation sites (N-methyl/N-ethyl adjacent to an activating group) is 1. The zero-order valence-electron chi connectivity index (χ0n) is 11.8. The van der Waals surface area contributed by atoms with Gasteiger partial charge in [-0.3, -0.25) is 14.5 Å². The van der Waals surface area contributed by atoms with Crippen molar-refractivity contribution in [2.24, 2.45) is 0 Å². The van der Waals surface area contributed by atoms with Gasteiger partial charge < -0.3 is 5.32 Å². The first-order chi connectivity index (χ1) is 10.7. The summed E-state index contributed by atoms with van der Waals surface area (Å²) in [5, 5.41) is 1.75. The molecule has 122 valence electrons. The van der Waals surface area contributed by atoms with Crippen molar-refractivity contribution in [3.63, 3.8) is 0 Å². The average molecular weight is 360 g/mol. The number of thioether (sulfide) groups is 1. The van der Waals surface area contributed by atoms with Gasteiger partial charge in [0.25, 0.3) is 5.91 Å². The Morgan fingerprint density at radius 2 is 1.96 bits per heavy atom. The van der Waals surface area contributed by atoms with Crippen LogP contribution >= 0.6 is 24.0 Å². The molecule has 2 amide bonds. The fraction of sp³-hybridized carbons (Fsp3) is 0.214. The fourth-order valence-corrected chi connectivity index (χ4v) is 3.17. The Labute approximate surface area is 139 Å². The maximum atomic E-state index is 12.2. The van der Waals surface area contributed by atoms with Gasteiger partial charge in [0.1, 0.15) is 4.32 Å². The number of carbonyl (C=O) groups is 2. The number of halogens is 3. The second-order valence-corrected chi connectivity index (χ2v) is 6.18. The molecule has 0 saturated carbocycles. The average Bonchev–Trinajstić information content (AvgIpc) is 2.74. The smallest absolute Gasteiger partial charge is 0.318 e. The van der Waals surface area contributed by atoms with Crippen LogP contribution in [-0.4, -0.2) is 33.8 Å². The van der Waals surface area contributed by atoms with Crippen molar-refractivity contribution in [2.45, 2.75) is 13.1 Å². The van der Waals surface area contributed by atoms with Crippen LogP contribution in [0.4, 0.5) is 18.9 Å². The van der Waals surface area contributed by atoms with Crippen molar-refractivity contribution in [2.75, 3.05) is 11.9 Å². The minimum absolute atomic E-state index is 0.0191. The van der Waals surface area contributed by atoms with E-state index >= 15 is 0 Å². The standard InChI is InChI=1S/C14H11F3N2O2S2/c1-2-19-11(20)10(23-13(19)22)7-8-3-5-9(6-4-8)18-12(21)14(15,16)17/h3-7H,2H2,1H3,(H,18,21)/b10-7+. The molecule has 0 bridgehead atoms. The first kappa shape index (κ1) is 17.5. The lowest BCUT2D eigenvalue weighted by atomic mass is 10.2. The number of rotatable bonds is 3. The third-order valence-electron chi connectivity index (χ3n) is 2.91. The van der Waals surface area contributed by atoms with Gasteiger partial charge in [-0.15, -0.1) is 0 Å². The van der Waals surface area contributed by atoms with Crippen LogP contribution in [0.3, 0.4) is 0 Å². The predicted molar refractivity (Wildman–Crippen MR) is 86.7 cm³/mol. The van der Waals surface area contributed by atoms with Crippen molar-refractivity contribution < 1.29 is 22.8 Å². The van der Waals surface area contributed by atoms with Gasteiger partial charge in [-0.25, -0.2) is 0 Å². The summed E-state index contributed by atoms with van der Waals surface area (Å²) >= 11 is 6.26. The summed E-state index contributed by atoms with van der Waals surface area (Å²) in [4.78, 5) is 24.8. The molecule has 0 spiro atoms. The number of hydrogen-bond acceptors (Lipinski definition) is 4. The highest BCUT2D eigenvalue weighted by atomic mass is 32.2. The minimum atomic E-state index is -4.94. The zero-order chi connectivity index (χ0) is 17.2. The second kappa shape index (κ2) is 6.71. The number of alkyl halides is 3. The van der Waals surface area contributed by atoms with Crippen LogP contribution in [-0.2, 0) is 9.59 Å². The molecule has 1 saturated heterocycles. The molecule has 1 aliphatic heterocycles. The molecular formula is C14H11F3N2O2S2. The summed E-state index contributed by atoms with van der Waals surface area (Å²) in [5.41, 5.74) is 0.636. The highest BCUT2D eigenvalue weighted by Gasteiger charge is 2.38. The molecule has 1 fully saturated rings. The van der Waals surface area contributed by atoms with E-state index in [-0.39, 0.29) is 11.6 Å². The number of benzene rings is 1. The molecule has 0 aliphatic carbocycles. The predicted octanol–water partition coefficient (Wildman–Crippen LogP) is 3.41. The molecule has 0 unspecified atom stereocenters. The van der Waals surface area contributed by atoms with E-state index < -0.39 is 12.1 Å². The first-order valence-corrected chi connectivity index (χ1v) is 7.68. The Morgan fingerprint density at radius 1 is 1.35 bits per heavy atom. The molecule has 4 nitrogen and oxygen atoms in total. The van der Waals surface area contributed by atoms with E-state index in [1.165, 1.54) is 40.9 Å². The monoisotopic (exact) mass is 360 g/mol. The highest BCUT2D eigenvalue weighted by Crippen LogP contribution is 2.32. The van der Waals surface area contributed by atoms with Gasteiger partial charge in [-0.2, -0.15) is 13.2 Å². The second-order valence-electron chi connectivity index (χ2n) is 4.50. The van der Waals surface area contributed by atoms with Crippen LogP contribution in [0.15, 0.2) is 29.2 Å². The largest absolute Gasteiger partial charge is 0.471 e. The number of thiocarbonyl (C=S) groups is 1. The summed E-state index contributed by atoms with van der Waals surface area (Å²) in [6.45, 7) is 2.29. The number of nitrogens with zero attached hydrogens (tertiary/aromatic N) is 1. The molecule has 2 rings (SSSR count). The van der Waals surface area contributed by atoms with Gasteiger partial charge in [0, 0.05) is 12.2 Å². The number of amides is 2. The summed E-state index contributed by atoms with van der Waals surface area (Å²) in [5.74, 6) is -2.23. The van der Waals surface area contributed by atoms with Crippen molar-refractivity contribution in [3.8, 4) is 0 Å². The Bertz CT molecular complexity index is 684. The van der Waals surface area contributed by atoms with Gasteiger partial charge in [0.2, 0.25) is 0 Å². The molecule has 0 aromatic heterocycles. The lowest BCUT2D eigenvalue weighted by Gasteiger charge is -2.09. The zero-order valence-corrected chi connectivity index (χ0v) is 13.4. The number of nitrogens with one attached hydrogen (secondary N) is 1. The van der Waals surface area contributed by atoms with Crippen molar-refractivity contribution in [1.29, 1.82) is 0 Å². The lowest BCUT2D eigenvalue weighted by molar-refractivity contribution is -0.167. The summed E-state index contributed by atoms with van der Waals surface area (Å²) < 4.78 is 36.9. The molecule has 0 atom stereocenters. The van der Waals surface area contributed by atoms with Crippen LogP contribution in [0.1, 0.15) is 12.5 Å². The number of anilines is 1. The van der Waals surface area contributed by atoms with E-state index in [0.29, 0.717) is 21.3 Å². The Morgan fingerprint density at radius 3 is 2.43 bits per heavy atom. The van der Waals surface area contributed by atoms with Gasteiger partial charge in [-0.05, 0) is 30.7 Å². The number of hydrogen-bond donors (Lipinski definition) is 1. The van der Waals surface area contributed by atoms with Crippen LogP contribution in [0.25, 0.3) is 6.08 Å². The molecule has 1 aliphatic rings. The first-order valence-electron chi connectivity index (χ1n) is 6.46. The summed E-state index contributed by atoms with van der Waals surface area (Å²) in [6, 6.07) is 5.67. The van der Waals surface area contributed by atoms with Crippen LogP contribution < -0.4 is 5.32 Å². The highest BCUT2D eigenvalue weighted by molar-refractivity contribution is 8.26. The van der Waals surface area contributed by atoms with E-state index in [1.54, 1.807) is 11.4 Å². The quantitative estimate of drug-likeness (QED) is 0.663. The third kappa shape index (κ3) is 4.11. The van der Waals surface area contributed by atoms with Crippen molar-refractivity contribution in [1.82, 2.24) is 4.90 Å². The van der Waals surface area contributed by atoms with E-state index in [0.717, 1.165) is 0 Å². The molecule has 0 radical (unpaired) electrons. The minimum Gasteiger partial charge on any atom is -0.318 e. The normalized spacial score (nSPS) is 17.0. The number of carbonyl (C=O) groups excluding carboxylic acids is 2. The Hall–Kier alpha value is -1.87. The molecule has 1 N–H and O–H groups in total. The third-order valence-corrected chi connectivity index (χ3v) is 4.29. The molecular weight excluding hydrogens is 349 g/mol. The molecule has 9 heteroatoms. The van der Waals surface area contributed by atoms with Gasteiger partial charge >= 0.3 is 12.1 Å². The molecule has 1 aromatic carbocycles. The Kier molecular flexibility index (Phi) is 5.10. The molecule has 1 aromatic rings. The lowest BCUT2D eigenvalue weighted by Crippen LogP contribution is -2.29. The SMILES string of the molecule is CCN1C(=O)/C(=C\c2ccc(NC(=O)C(F)(F)F)cc2)SC1=S. The van der Waals surface area contributed by atoms with Crippen molar-refractivity contribution >= 4 is 51.9 Å². The van der Waals surface area contributed by atoms with Crippen LogP contribution in [0, 0.1) is 0 Å². The van der Waals surface area contributed by atoms with Crippen molar-refractivity contribution in [3.05, 3.63) is 34.7 Å². The maximum Gasteiger partial charge on any atom is 0.471 e. The van der Waals surface area contributed by atoms with Gasteiger partial charge in [0.05, 0.1) is 4.91 Å². The maximum absolute atomic E-state index is 12.2. The summed E-state index contributed by atoms with van der Waals surface area (Å²) in [6.07, 6.45) is -3.34. The van der Waals surface area contributed by atoms with Gasteiger partial charge in [0.15, 0.2) is 0 Å². The van der Waals surface area contributed by atoms with E-state index in [9.17, 15) is 22.8 Å². The van der Waals surface area contributed by atoms with Crippen LogP contribution in [0.5, 0.6) is 0 Å². The van der Waals surface area contributed by atoms with E-state index in [4.69, 9.17) is 12.2 Å². The van der Waals surface area contributed by atoms with Gasteiger partial charge in [-0.1, -0.05) is 36.1 Å². The summed E-state index contributed by atoms with van der Waals surface area (Å²) in [7, 11) is 0. The van der Waals surface area contributed by atoms with E-state index in [2.05, 4.69) is 0 Å². The fourth-order valence-electron chi connectivity index (χ4n) is 1.79.